The van der Waals surface area contributed by atoms with Crippen molar-refractivity contribution in [1.82, 2.24) is 10.2 Å². The molecule has 0 aliphatic carbocycles. The maximum Gasteiger partial charge on any atom is 0.0594 e. The Morgan fingerprint density at radius 2 is 2.00 bits per heavy atom. The Balaban J connectivity index is 1.87. The van der Waals surface area contributed by atoms with Gasteiger partial charge >= 0.3 is 0 Å². The molecule has 0 aromatic carbocycles. The third-order valence-electron chi connectivity index (χ3n) is 3.12. The molecule has 0 amide bonds. The first-order valence-electron chi connectivity index (χ1n) is 5.24. The zero-order valence-electron chi connectivity index (χ0n) is 8.68. The van der Waals surface area contributed by atoms with E-state index < -0.39 is 0 Å². The van der Waals surface area contributed by atoms with Crippen LogP contribution in [0, 0.1) is 0 Å². The summed E-state index contributed by atoms with van der Waals surface area (Å²) in [6.07, 6.45) is 1.27. The Morgan fingerprint density at radius 1 is 1.31 bits per heavy atom. The van der Waals surface area contributed by atoms with E-state index in [2.05, 4.69) is 24.1 Å². The van der Waals surface area contributed by atoms with E-state index in [0.29, 0.717) is 5.54 Å². The molecule has 0 bridgehead atoms. The summed E-state index contributed by atoms with van der Waals surface area (Å²) in [5.41, 5.74) is 0.336. The summed E-state index contributed by atoms with van der Waals surface area (Å²) in [6, 6.07) is 0.735. The highest BCUT2D eigenvalue weighted by Gasteiger charge is 2.34. The number of rotatable bonds is 1. The average molecular weight is 184 g/mol. The lowest BCUT2D eigenvalue weighted by Crippen LogP contribution is -2.44. The van der Waals surface area contributed by atoms with Gasteiger partial charge in [-0.25, -0.2) is 0 Å². The van der Waals surface area contributed by atoms with Crippen molar-refractivity contribution < 1.29 is 4.74 Å². The summed E-state index contributed by atoms with van der Waals surface area (Å²) < 4.78 is 5.35. The van der Waals surface area contributed by atoms with Gasteiger partial charge < -0.3 is 10.1 Å². The van der Waals surface area contributed by atoms with Crippen LogP contribution in [0.1, 0.15) is 20.3 Å². The van der Waals surface area contributed by atoms with E-state index in [0.717, 1.165) is 38.9 Å². The highest BCUT2D eigenvalue weighted by molar-refractivity contribution is 4.94. The van der Waals surface area contributed by atoms with Crippen LogP contribution in [0.25, 0.3) is 0 Å². The Kier molecular flexibility index (Phi) is 2.58. The number of morpholine rings is 1. The van der Waals surface area contributed by atoms with Crippen LogP contribution in [0.4, 0.5) is 0 Å². The lowest BCUT2D eigenvalue weighted by molar-refractivity contribution is 0.0195. The van der Waals surface area contributed by atoms with Gasteiger partial charge in [-0.3, -0.25) is 4.90 Å². The van der Waals surface area contributed by atoms with Crippen LogP contribution in [0.2, 0.25) is 0 Å². The minimum atomic E-state index is 0.336. The van der Waals surface area contributed by atoms with Crippen LogP contribution in [0.15, 0.2) is 0 Å². The molecule has 0 aromatic rings. The summed E-state index contributed by atoms with van der Waals surface area (Å²) in [5, 5.41) is 3.56. The molecule has 2 heterocycles. The zero-order valence-corrected chi connectivity index (χ0v) is 8.68. The molecule has 1 N–H and O–H groups in total. The van der Waals surface area contributed by atoms with Crippen LogP contribution in [-0.4, -0.2) is 49.3 Å². The summed E-state index contributed by atoms with van der Waals surface area (Å²) >= 11 is 0. The topological polar surface area (TPSA) is 24.5 Å². The number of ether oxygens (including phenoxy) is 1. The van der Waals surface area contributed by atoms with Crippen LogP contribution in [-0.2, 0) is 4.74 Å². The molecule has 2 aliphatic heterocycles. The first-order valence-corrected chi connectivity index (χ1v) is 5.24. The summed E-state index contributed by atoms with van der Waals surface area (Å²) in [7, 11) is 0. The Morgan fingerprint density at radius 3 is 2.54 bits per heavy atom. The predicted octanol–water partition coefficient (Wildman–Crippen LogP) is 0.459. The Labute approximate surface area is 80.4 Å². The highest BCUT2D eigenvalue weighted by Crippen LogP contribution is 2.22. The van der Waals surface area contributed by atoms with E-state index in [-0.39, 0.29) is 0 Å². The standard InChI is InChI=1S/C10H20N2O/c1-10(2)7-9(8-11-10)12-3-5-13-6-4-12/h9,11H,3-8H2,1-2H3. The van der Waals surface area contributed by atoms with Crippen LogP contribution in [0.5, 0.6) is 0 Å². The molecule has 13 heavy (non-hydrogen) atoms. The van der Waals surface area contributed by atoms with Gasteiger partial charge in [-0.15, -0.1) is 0 Å². The first kappa shape index (κ1) is 9.44. The molecular weight excluding hydrogens is 164 g/mol. The zero-order chi connectivity index (χ0) is 9.31. The molecule has 0 saturated carbocycles. The summed E-state index contributed by atoms with van der Waals surface area (Å²) in [4.78, 5) is 2.56. The molecular formula is C10H20N2O. The number of nitrogens with zero attached hydrogens (tertiary/aromatic N) is 1. The monoisotopic (exact) mass is 184 g/mol. The van der Waals surface area contributed by atoms with Crippen molar-refractivity contribution in [2.45, 2.75) is 31.8 Å². The summed E-state index contributed by atoms with van der Waals surface area (Å²) in [6.45, 7) is 9.77. The van der Waals surface area contributed by atoms with Gasteiger partial charge in [0.2, 0.25) is 0 Å². The molecule has 1 atom stereocenters. The molecule has 0 aromatic heterocycles. The predicted molar refractivity (Wildman–Crippen MR) is 52.9 cm³/mol. The molecule has 76 valence electrons. The highest BCUT2D eigenvalue weighted by atomic mass is 16.5. The van der Waals surface area contributed by atoms with Crippen molar-refractivity contribution in [2.24, 2.45) is 0 Å². The first-order chi connectivity index (χ1) is 6.17. The minimum Gasteiger partial charge on any atom is -0.379 e. The fourth-order valence-corrected chi connectivity index (χ4v) is 2.33. The van der Waals surface area contributed by atoms with E-state index in [4.69, 9.17) is 4.74 Å². The van der Waals surface area contributed by atoms with E-state index in [9.17, 15) is 0 Å². The van der Waals surface area contributed by atoms with Gasteiger partial charge in [0.15, 0.2) is 0 Å². The molecule has 2 saturated heterocycles. The number of hydrogen-bond donors (Lipinski definition) is 1. The fourth-order valence-electron chi connectivity index (χ4n) is 2.33. The molecule has 2 fully saturated rings. The van der Waals surface area contributed by atoms with E-state index in [1.807, 2.05) is 0 Å². The van der Waals surface area contributed by atoms with Gasteiger partial charge in [-0.1, -0.05) is 0 Å². The van der Waals surface area contributed by atoms with Gasteiger partial charge in [0.05, 0.1) is 13.2 Å². The van der Waals surface area contributed by atoms with E-state index in [1.165, 1.54) is 6.42 Å². The largest absolute Gasteiger partial charge is 0.379 e. The van der Waals surface area contributed by atoms with Crippen molar-refractivity contribution in [3.8, 4) is 0 Å². The van der Waals surface area contributed by atoms with Crippen molar-refractivity contribution in [1.29, 1.82) is 0 Å². The van der Waals surface area contributed by atoms with E-state index >= 15 is 0 Å². The average Bonchev–Trinajstić information content (AvgIpc) is 2.48. The van der Waals surface area contributed by atoms with E-state index in [1.54, 1.807) is 0 Å². The lowest BCUT2D eigenvalue weighted by atomic mass is 10.0. The normalized spacial score (nSPS) is 35.1. The number of nitrogens with one attached hydrogen (secondary N) is 1. The second-order valence-corrected chi connectivity index (χ2v) is 4.77. The molecule has 0 spiro atoms. The molecule has 0 radical (unpaired) electrons. The molecule has 1 unspecified atom stereocenters. The Hall–Kier alpha value is -0.120. The lowest BCUT2D eigenvalue weighted by Gasteiger charge is -2.32. The molecule has 3 heteroatoms. The molecule has 2 rings (SSSR count). The van der Waals surface area contributed by atoms with Crippen LogP contribution < -0.4 is 5.32 Å². The Bertz CT molecular complexity index is 176. The summed E-state index contributed by atoms with van der Waals surface area (Å²) in [5.74, 6) is 0. The van der Waals surface area contributed by atoms with Crippen molar-refractivity contribution in [2.75, 3.05) is 32.8 Å². The number of hydrogen-bond acceptors (Lipinski definition) is 3. The third-order valence-corrected chi connectivity index (χ3v) is 3.12. The van der Waals surface area contributed by atoms with Gasteiger partial charge in [0.25, 0.3) is 0 Å². The van der Waals surface area contributed by atoms with Crippen molar-refractivity contribution in [3.63, 3.8) is 0 Å². The maximum atomic E-state index is 5.35. The third kappa shape index (κ3) is 2.22. The van der Waals surface area contributed by atoms with Gasteiger partial charge in [0, 0.05) is 31.2 Å². The van der Waals surface area contributed by atoms with Gasteiger partial charge in [-0.2, -0.15) is 0 Å². The van der Waals surface area contributed by atoms with Crippen molar-refractivity contribution >= 4 is 0 Å². The minimum absolute atomic E-state index is 0.336. The van der Waals surface area contributed by atoms with Gasteiger partial charge in [0.1, 0.15) is 0 Å². The van der Waals surface area contributed by atoms with Gasteiger partial charge in [-0.05, 0) is 20.3 Å². The molecule has 3 nitrogen and oxygen atoms in total. The van der Waals surface area contributed by atoms with Crippen LogP contribution >= 0.6 is 0 Å². The second kappa shape index (κ2) is 3.56. The quantitative estimate of drug-likeness (QED) is 0.641. The smallest absolute Gasteiger partial charge is 0.0594 e. The SMILES string of the molecule is CC1(C)CC(N2CCOCC2)CN1. The van der Waals surface area contributed by atoms with Crippen molar-refractivity contribution in [3.05, 3.63) is 0 Å². The van der Waals surface area contributed by atoms with Crippen LogP contribution in [0.3, 0.4) is 0 Å². The molecule has 2 aliphatic rings. The fraction of sp³-hybridized carbons (Fsp3) is 1.00. The second-order valence-electron chi connectivity index (χ2n) is 4.77. The maximum absolute atomic E-state index is 5.35.